The van der Waals surface area contributed by atoms with Gasteiger partial charge in [-0.1, -0.05) is 16.3 Å². The monoisotopic (exact) mass is 404 g/mol. The van der Waals surface area contributed by atoms with Gasteiger partial charge in [-0.3, -0.25) is 14.8 Å². The summed E-state index contributed by atoms with van der Waals surface area (Å²) in [7, 11) is -4.15. The van der Waals surface area contributed by atoms with Crippen LogP contribution in [0, 0.1) is 0 Å². The van der Waals surface area contributed by atoms with Gasteiger partial charge in [0.1, 0.15) is 0 Å². The Morgan fingerprint density at radius 1 is 1.04 bits per heavy atom. The van der Waals surface area contributed by atoms with E-state index in [-0.39, 0.29) is 30.4 Å². The van der Waals surface area contributed by atoms with Gasteiger partial charge in [0.2, 0.25) is 9.84 Å². The van der Waals surface area contributed by atoms with Crippen molar-refractivity contribution in [1.82, 2.24) is 19.7 Å². The Morgan fingerprint density at radius 2 is 1.74 bits per heavy atom. The number of aromatic nitrogens is 4. The summed E-state index contributed by atoms with van der Waals surface area (Å²) in [5.74, 6) is 0. The molecule has 0 amide bonds. The molecule has 0 saturated heterocycles. The van der Waals surface area contributed by atoms with Gasteiger partial charge >= 0.3 is 5.69 Å². The van der Waals surface area contributed by atoms with Gasteiger partial charge in [0.05, 0.1) is 36.7 Å². The predicted octanol–water partition coefficient (Wildman–Crippen LogP) is 1.36. The second-order valence-corrected chi connectivity index (χ2v) is 7.88. The first-order chi connectivity index (χ1) is 12.8. The molecule has 0 fully saturated rings. The number of benzene rings is 2. The SMILES string of the molecule is O=c1[nH]c2c(S(=O)(=O)c3ccc4nccnc4c3)ccc(Cl)c2c(=O)n1O. The van der Waals surface area contributed by atoms with E-state index in [1.165, 1.54) is 42.7 Å². The maximum Gasteiger partial charge on any atom is 0.362 e. The number of nitrogens with zero attached hydrogens (tertiary/aromatic N) is 3. The summed E-state index contributed by atoms with van der Waals surface area (Å²) in [5.41, 5.74) is -1.73. The van der Waals surface area contributed by atoms with E-state index in [1.807, 2.05) is 0 Å². The average Bonchev–Trinajstić information content (AvgIpc) is 2.65. The molecule has 9 nitrogen and oxygen atoms in total. The normalized spacial score (nSPS) is 11.9. The largest absolute Gasteiger partial charge is 0.421 e. The third kappa shape index (κ3) is 2.57. The zero-order valence-electron chi connectivity index (χ0n) is 13.2. The van der Waals surface area contributed by atoms with Crippen LogP contribution in [0.3, 0.4) is 0 Å². The van der Waals surface area contributed by atoms with E-state index in [9.17, 15) is 23.2 Å². The third-order valence-corrected chi connectivity index (χ3v) is 6.10. The topological polar surface area (TPSA) is 135 Å². The Labute approximate surface area is 155 Å². The van der Waals surface area contributed by atoms with Crippen molar-refractivity contribution < 1.29 is 13.6 Å². The van der Waals surface area contributed by atoms with Crippen LogP contribution in [0.25, 0.3) is 21.9 Å². The predicted molar refractivity (Wildman–Crippen MR) is 96.0 cm³/mol. The molecule has 27 heavy (non-hydrogen) atoms. The first kappa shape index (κ1) is 17.2. The Hall–Kier alpha value is -3.24. The zero-order valence-corrected chi connectivity index (χ0v) is 14.8. The number of hydrogen-bond acceptors (Lipinski definition) is 7. The fourth-order valence-electron chi connectivity index (χ4n) is 2.71. The second kappa shape index (κ2) is 5.89. The van der Waals surface area contributed by atoms with E-state index in [1.54, 1.807) is 0 Å². The Balaban J connectivity index is 2.07. The van der Waals surface area contributed by atoms with Crippen molar-refractivity contribution in [3.05, 3.63) is 68.6 Å². The number of sulfone groups is 1. The van der Waals surface area contributed by atoms with Crippen molar-refractivity contribution in [3.63, 3.8) is 0 Å². The van der Waals surface area contributed by atoms with Crippen molar-refractivity contribution >= 4 is 43.4 Å². The summed E-state index contributed by atoms with van der Waals surface area (Å²) in [6.45, 7) is 0. The number of halogens is 1. The first-order valence-electron chi connectivity index (χ1n) is 7.43. The molecule has 4 aromatic rings. The fraction of sp³-hybridized carbons (Fsp3) is 0. The maximum absolute atomic E-state index is 13.1. The van der Waals surface area contributed by atoms with Gasteiger partial charge in [0.15, 0.2) is 0 Å². The van der Waals surface area contributed by atoms with Gasteiger partial charge in [-0.2, -0.15) is 0 Å². The minimum Gasteiger partial charge on any atom is -0.421 e. The van der Waals surface area contributed by atoms with E-state index in [0.29, 0.717) is 11.0 Å². The maximum atomic E-state index is 13.1. The summed E-state index contributed by atoms with van der Waals surface area (Å²) in [6, 6.07) is 6.56. The van der Waals surface area contributed by atoms with Crippen LogP contribution in [0.4, 0.5) is 0 Å². The van der Waals surface area contributed by atoms with Gasteiger partial charge in [-0.05, 0) is 30.3 Å². The highest BCUT2D eigenvalue weighted by Crippen LogP contribution is 2.30. The van der Waals surface area contributed by atoms with E-state index >= 15 is 0 Å². The number of hydrogen-bond donors (Lipinski definition) is 2. The lowest BCUT2D eigenvalue weighted by atomic mass is 10.2. The van der Waals surface area contributed by atoms with Crippen LogP contribution < -0.4 is 11.2 Å². The second-order valence-electron chi connectivity index (χ2n) is 5.55. The number of rotatable bonds is 2. The lowest BCUT2D eigenvalue weighted by Crippen LogP contribution is -2.33. The molecule has 0 saturated carbocycles. The van der Waals surface area contributed by atoms with Crippen molar-refractivity contribution in [2.24, 2.45) is 0 Å². The summed E-state index contributed by atoms with van der Waals surface area (Å²) >= 11 is 5.97. The van der Waals surface area contributed by atoms with Crippen molar-refractivity contribution in [2.45, 2.75) is 9.79 Å². The molecule has 11 heteroatoms. The highest BCUT2D eigenvalue weighted by Gasteiger charge is 2.24. The summed E-state index contributed by atoms with van der Waals surface area (Å²) in [4.78, 5) is 33.8. The highest BCUT2D eigenvalue weighted by atomic mass is 35.5. The van der Waals surface area contributed by atoms with Crippen molar-refractivity contribution in [2.75, 3.05) is 0 Å². The van der Waals surface area contributed by atoms with E-state index in [4.69, 9.17) is 11.6 Å². The van der Waals surface area contributed by atoms with Gasteiger partial charge in [-0.25, -0.2) is 13.2 Å². The van der Waals surface area contributed by atoms with Crippen molar-refractivity contribution in [3.8, 4) is 0 Å². The van der Waals surface area contributed by atoms with Crippen LogP contribution in [0.2, 0.25) is 5.02 Å². The Kier molecular flexibility index (Phi) is 3.75. The number of nitrogens with one attached hydrogen (secondary N) is 1. The molecule has 0 atom stereocenters. The van der Waals surface area contributed by atoms with Crippen LogP contribution in [-0.4, -0.2) is 33.3 Å². The summed E-state index contributed by atoms with van der Waals surface area (Å²) < 4.78 is 26.1. The molecule has 2 aromatic heterocycles. The molecular weight excluding hydrogens is 396 g/mol. The van der Waals surface area contributed by atoms with Crippen LogP contribution in [0.5, 0.6) is 0 Å². The van der Waals surface area contributed by atoms with Crippen LogP contribution >= 0.6 is 11.6 Å². The lowest BCUT2D eigenvalue weighted by molar-refractivity contribution is 0.162. The summed E-state index contributed by atoms with van der Waals surface area (Å²) in [5, 5.41) is 9.06. The van der Waals surface area contributed by atoms with E-state index in [0.717, 1.165) is 0 Å². The third-order valence-electron chi connectivity index (χ3n) is 3.99. The summed E-state index contributed by atoms with van der Waals surface area (Å²) in [6.07, 6.45) is 2.91. The van der Waals surface area contributed by atoms with E-state index in [2.05, 4.69) is 15.0 Å². The van der Waals surface area contributed by atoms with E-state index < -0.39 is 21.1 Å². The molecular formula is C16H9ClN4O5S. The van der Waals surface area contributed by atoms with Crippen LogP contribution in [0.1, 0.15) is 0 Å². The molecule has 0 aliphatic rings. The molecule has 0 radical (unpaired) electrons. The van der Waals surface area contributed by atoms with Gasteiger partial charge in [0, 0.05) is 12.4 Å². The molecule has 0 unspecified atom stereocenters. The average molecular weight is 405 g/mol. The fourth-order valence-corrected chi connectivity index (χ4v) is 4.39. The van der Waals surface area contributed by atoms with Gasteiger partial charge in [0.25, 0.3) is 5.56 Å². The molecule has 0 aliphatic carbocycles. The minimum atomic E-state index is -4.15. The highest BCUT2D eigenvalue weighted by molar-refractivity contribution is 7.91. The molecule has 4 rings (SSSR count). The number of aromatic amines is 1. The number of H-pyrrole nitrogens is 1. The lowest BCUT2D eigenvalue weighted by Gasteiger charge is -2.10. The van der Waals surface area contributed by atoms with Crippen molar-refractivity contribution in [1.29, 1.82) is 0 Å². The quantitative estimate of drug-likeness (QED) is 0.481. The molecule has 2 aromatic carbocycles. The van der Waals surface area contributed by atoms with Gasteiger partial charge < -0.3 is 10.2 Å². The Bertz CT molecular complexity index is 1460. The molecule has 0 bridgehead atoms. The minimum absolute atomic E-state index is 0.104. The molecule has 136 valence electrons. The molecule has 2 heterocycles. The zero-order chi connectivity index (χ0) is 19.3. The van der Waals surface area contributed by atoms with Crippen LogP contribution in [-0.2, 0) is 9.84 Å². The smallest absolute Gasteiger partial charge is 0.362 e. The molecule has 0 aliphatic heterocycles. The standard InChI is InChI=1S/C16H9ClN4O5S/c17-9-2-4-12(14-13(9)15(22)21(24)16(23)20-14)27(25,26)8-1-3-10-11(7-8)19-6-5-18-10/h1-7,24H,(H,20,23). The Morgan fingerprint density at radius 3 is 2.48 bits per heavy atom. The van der Waals surface area contributed by atoms with Gasteiger partial charge in [-0.15, -0.1) is 0 Å². The molecule has 2 N–H and O–H groups in total. The first-order valence-corrected chi connectivity index (χ1v) is 9.29. The van der Waals surface area contributed by atoms with Crippen LogP contribution in [0.15, 0.2) is 62.1 Å². The number of fused-ring (bicyclic) bond motifs is 2. The molecule has 0 spiro atoms.